The summed E-state index contributed by atoms with van der Waals surface area (Å²) in [4.78, 5) is 20.8. The number of imidazole rings is 1. The molecular formula is C22H19ClN4O3S2. The molecule has 10 heteroatoms. The number of thiophene rings is 1. The fourth-order valence-electron chi connectivity index (χ4n) is 3.87. The number of para-hydroxylation sites is 2. The van der Waals surface area contributed by atoms with Crippen LogP contribution in [-0.4, -0.2) is 41.2 Å². The molecule has 1 amide bonds. The van der Waals surface area contributed by atoms with Crippen LogP contribution in [0.5, 0.6) is 0 Å². The first-order valence-corrected chi connectivity index (χ1v) is 12.7. The van der Waals surface area contributed by atoms with E-state index in [0.717, 1.165) is 33.8 Å². The summed E-state index contributed by atoms with van der Waals surface area (Å²) in [6.45, 7) is 0.306. The fourth-order valence-corrected chi connectivity index (χ4v) is 7.14. The normalized spacial score (nSPS) is 17.1. The molecule has 1 saturated heterocycles. The van der Waals surface area contributed by atoms with Crippen LogP contribution in [0.1, 0.15) is 12.8 Å². The topological polar surface area (TPSA) is 95.2 Å². The van der Waals surface area contributed by atoms with Crippen molar-refractivity contribution >= 4 is 55.6 Å². The lowest BCUT2D eigenvalue weighted by Gasteiger charge is -2.22. The number of benzene rings is 2. The minimum atomic E-state index is -3.77. The second-order valence-corrected chi connectivity index (χ2v) is 11.3. The van der Waals surface area contributed by atoms with Crippen molar-refractivity contribution in [3.63, 3.8) is 0 Å². The number of amides is 1. The van der Waals surface area contributed by atoms with Crippen molar-refractivity contribution in [3.05, 3.63) is 65.0 Å². The predicted octanol–water partition coefficient (Wildman–Crippen LogP) is 4.74. The van der Waals surface area contributed by atoms with Crippen LogP contribution in [-0.2, 0) is 14.8 Å². The quantitative estimate of drug-likeness (QED) is 0.426. The Morgan fingerprint density at radius 2 is 1.91 bits per heavy atom. The molecule has 2 aromatic carbocycles. The van der Waals surface area contributed by atoms with Gasteiger partial charge in [-0.1, -0.05) is 23.7 Å². The van der Waals surface area contributed by atoms with E-state index in [1.807, 2.05) is 36.4 Å². The molecule has 0 aliphatic carbocycles. The molecule has 0 bridgehead atoms. The van der Waals surface area contributed by atoms with Crippen LogP contribution >= 0.6 is 22.9 Å². The van der Waals surface area contributed by atoms with E-state index < -0.39 is 16.1 Å². The van der Waals surface area contributed by atoms with E-state index in [9.17, 15) is 13.2 Å². The zero-order valence-electron chi connectivity index (χ0n) is 16.8. The minimum absolute atomic E-state index is 0.150. The molecule has 1 aliphatic heterocycles. The second-order valence-electron chi connectivity index (χ2n) is 7.50. The lowest BCUT2D eigenvalue weighted by Crippen LogP contribution is -2.42. The van der Waals surface area contributed by atoms with E-state index in [2.05, 4.69) is 15.3 Å². The Bertz CT molecular complexity index is 1360. The van der Waals surface area contributed by atoms with Crippen molar-refractivity contribution < 1.29 is 13.2 Å². The highest BCUT2D eigenvalue weighted by molar-refractivity contribution is 7.91. The van der Waals surface area contributed by atoms with Crippen LogP contribution in [0, 0.1) is 0 Å². The molecule has 0 saturated carbocycles. The first-order valence-electron chi connectivity index (χ1n) is 10.0. The smallest absolute Gasteiger partial charge is 0.253 e. The molecular weight excluding hydrogens is 468 g/mol. The number of fused-ring (bicyclic) bond motifs is 1. The molecule has 1 fully saturated rings. The maximum absolute atomic E-state index is 13.0. The van der Waals surface area contributed by atoms with Gasteiger partial charge < -0.3 is 10.3 Å². The predicted molar refractivity (Wildman–Crippen MR) is 126 cm³/mol. The van der Waals surface area contributed by atoms with Crippen molar-refractivity contribution in [2.75, 3.05) is 11.9 Å². The number of anilines is 1. The van der Waals surface area contributed by atoms with Gasteiger partial charge in [0.1, 0.15) is 16.1 Å². The average Bonchev–Trinajstić information content (AvgIpc) is 3.53. The van der Waals surface area contributed by atoms with Crippen molar-refractivity contribution in [3.8, 4) is 11.4 Å². The van der Waals surface area contributed by atoms with Crippen LogP contribution in [0.4, 0.5) is 5.69 Å². The Kier molecular flexibility index (Phi) is 5.50. The molecule has 0 unspecified atom stereocenters. The van der Waals surface area contributed by atoms with Crippen molar-refractivity contribution in [1.29, 1.82) is 0 Å². The van der Waals surface area contributed by atoms with Crippen LogP contribution < -0.4 is 5.32 Å². The number of hydrogen-bond acceptors (Lipinski definition) is 5. The first-order chi connectivity index (χ1) is 15.4. The summed E-state index contributed by atoms with van der Waals surface area (Å²) in [5.74, 6) is 0.400. The average molecular weight is 487 g/mol. The van der Waals surface area contributed by atoms with Gasteiger partial charge in [0.2, 0.25) is 5.91 Å². The third kappa shape index (κ3) is 3.93. The molecule has 2 N–H and O–H groups in total. The van der Waals surface area contributed by atoms with Crippen molar-refractivity contribution in [2.45, 2.75) is 23.1 Å². The van der Waals surface area contributed by atoms with E-state index in [1.165, 1.54) is 10.4 Å². The van der Waals surface area contributed by atoms with Gasteiger partial charge in [-0.3, -0.25) is 4.79 Å². The van der Waals surface area contributed by atoms with Crippen molar-refractivity contribution in [1.82, 2.24) is 14.3 Å². The maximum Gasteiger partial charge on any atom is 0.253 e. The highest BCUT2D eigenvalue weighted by atomic mass is 35.5. The van der Waals surface area contributed by atoms with Gasteiger partial charge in [0, 0.05) is 17.8 Å². The lowest BCUT2D eigenvalue weighted by atomic mass is 10.1. The number of aromatic nitrogens is 2. The van der Waals surface area contributed by atoms with Gasteiger partial charge in [0.15, 0.2) is 0 Å². The number of nitrogens with one attached hydrogen (secondary N) is 2. The number of H-pyrrole nitrogens is 1. The molecule has 164 valence electrons. The second kappa shape index (κ2) is 8.32. The number of sulfonamides is 1. The number of aromatic amines is 1. The van der Waals surface area contributed by atoms with E-state index in [1.54, 1.807) is 18.2 Å². The third-order valence-corrected chi connectivity index (χ3v) is 9.04. The number of rotatable bonds is 5. The minimum Gasteiger partial charge on any atom is -0.338 e. The number of carbonyl (C=O) groups is 1. The standard InChI is InChI=1S/C22H19ClN4O3S2/c23-19-11-12-20(31-19)32(29,30)27-13-3-6-18(27)22(28)24-15-9-7-14(8-10-15)21-25-16-4-1-2-5-17(16)26-21/h1-2,4-5,7-12,18H,3,6,13H2,(H,24,28)(H,25,26)/t18-/m1/s1. The Hall–Kier alpha value is -2.72. The molecule has 0 radical (unpaired) electrons. The molecule has 1 aliphatic rings. The lowest BCUT2D eigenvalue weighted by molar-refractivity contribution is -0.119. The molecule has 32 heavy (non-hydrogen) atoms. The fraction of sp³-hybridized carbons (Fsp3) is 0.182. The Labute approximate surface area is 194 Å². The monoisotopic (exact) mass is 486 g/mol. The third-order valence-electron chi connectivity index (χ3n) is 5.43. The highest BCUT2D eigenvalue weighted by Crippen LogP contribution is 2.32. The maximum atomic E-state index is 13.0. The van der Waals surface area contributed by atoms with E-state index in [4.69, 9.17) is 11.6 Å². The summed E-state index contributed by atoms with van der Waals surface area (Å²) >= 11 is 6.90. The zero-order valence-corrected chi connectivity index (χ0v) is 19.2. The van der Waals surface area contributed by atoms with Gasteiger partial charge in [0.25, 0.3) is 10.0 Å². The zero-order chi connectivity index (χ0) is 22.3. The van der Waals surface area contributed by atoms with Gasteiger partial charge in [-0.15, -0.1) is 11.3 Å². The first kappa shape index (κ1) is 21.1. The molecule has 7 nitrogen and oxygen atoms in total. The number of carbonyl (C=O) groups excluding carboxylic acids is 1. The Balaban J connectivity index is 1.32. The van der Waals surface area contributed by atoms with Crippen molar-refractivity contribution in [2.24, 2.45) is 0 Å². The van der Waals surface area contributed by atoms with E-state index in [-0.39, 0.29) is 10.1 Å². The summed E-state index contributed by atoms with van der Waals surface area (Å²) < 4.78 is 27.8. The van der Waals surface area contributed by atoms with Gasteiger partial charge in [-0.05, 0) is 61.4 Å². The molecule has 1 atom stereocenters. The van der Waals surface area contributed by atoms with Gasteiger partial charge in [0.05, 0.1) is 15.4 Å². The van der Waals surface area contributed by atoms with Crippen LogP contribution in [0.2, 0.25) is 4.34 Å². The summed E-state index contributed by atoms with van der Waals surface area (Å²) in [5.41, 5.74) is 3.32. The van der Waals surface area contributed by atoms with Crippen LogP contribution in [0.25, 0.3) is 22.4 Å². The number of halogens is 1. The largest absolute Gasteiger partial charge is 0.338 e. The highest BCUT2D eigenvalue weighted by Gasteiger charge is 2.40. The van der Waals surface area contributed by atoms with E-state index >= 15 is 0 Å². The Morgan fingerprint density at radius 1 is 1.12 bits per heavy atom. The Morgan fingerprint density at radius 3 is 2.62 bits per heavy atom. The molecule has 5 rings (SSSR count). The number of nitrogens with zero attached hydrogens (tertiary/aromatic N) is 2. The molecule has 3 heterocycles. The molecule has 4 aromatic rings. The summed E-state index contributed by atoms with van der Waals surface area (Å²) in [6, 6.07) is 17.4. The van der Waals surface area contributed by atoms with Gasteiger partial charge >= 0.3 is 0 Å². The number of hydrogen-bond donors (Lipinski definition) is 2. The van der Waals surface area contributed by atoms with Gasteiger partial charge in [-0.25, -0.2) is 13.4 Å². The SMILES string of the molecule is O=C(Nc1ccc(-c2nc3ccccc3[nH]2)cc1)[C@H]1CCCN1S(=O)(=O)c1ccc(Cl)s1. The van der Waals surface area contributed by atoms with E-state index in [0.29, 0.717) is 29.4 Å². The molecule has 2 aromatic heterocycles. The van der Waals surface area contributed by atoms with Crippen LogP contribution in [0.3, 0.4) is 0 Å². The summed E-state index contributed by atoms with van der Waals surface area (Å²) in [5, 5.41) is 2.85. The summed E-state index contributed by atoms with van der Waals surface area (Å²) in [6.07, 6.45) is 1.10. The molecule has 0 spiro atoms. The van der Waals surface area contributed by atoms with Crippen LogP contribution in [0.15, 0.2) is 64.9 Å². The van der Waals surface area contributed by atoms with Gasteiger partial charge in [-0.2, -0.15) is 4.31 Å². The summed E-state index contributed by atoms with van der Waals surface area (Å²) in [7, 11) is -3.77.